The number of benzene rings is 2. The zero-order valence-corrected chi connectivity index (χ0v) is 9.51. The van der Waals surface area contributed by atoms with Crippen LogP contribution < -0.4 is 0 Å². The first-order chi connectivity index (χ1) is 7.59. The largest absolute Gasteiger partial charge is 0.389 e. The highest BCUT2D eigenvalue weighted by Crippen LogP contribution is 2.28. The maximum absolute atomic E-state index is 9.75. The Morgan fingerprint density at radius 3 is 2.25 bits per heavy atom. The highest BCUT2D eigenvalue weighted by atomic mass is 16.3. The van der Waals surface area contributed by atoms with Crippen molar-refractivity contribution in [2.75, 3.05) is 0 Å². The quantitative estimate of drug-likeness (QED) is 0.810. The molecule has 84 valence electrons. The van der Waals surface area contributed by atoms with Crippen LogP contribution in [0, 0.1) is 0 Å². The Balaban J connectivity index is 2.74. The molecule has 0 amide bonds. The monoisotopic (exact) mass is 216 g/mol. The van der Waals surface area contributed by atoms with E-state index in [9.17, 15) is 10.2 Å². The van der Waals surface area contributed by atoms with E-state index in [1.54, 1.807) is 13.8 Å². The Morgan fingerprint density at radius 2 is 1.62 bits per heavy atom. The van der Waals surface area contributed by atoms with Crippen LogP contribution in [0.4, 0.5) is 0 Å². The van der Waals surface area contributed by atoms with Gasteiger partial charge in [0.05, 0.1) is 12.2 Å². The maximum atomic E-state index is 9.75. The molecule has 2 rings (SSSR count). The van der Waals surface area contributed by atoms with Crippen LogP contribution in [-0.2, 0) is 0 Å². The fourth-order valence-electron chi connectivity index (χ4n) is 1.95. The second kappa shape index (κ2) is 4.24. The number of fused-ring (bicyclic) bond motifs is 1. The number of aliphatic hydroxyl groups is 2. The van der Waals surface area contributed by atoms with E-state index >= 15 is 0 Å². The van der Waals surface area contributed by atoms with Crippen molar-refractivity contribution in [2.45, 2.75) is 26.1 Å². The van der Waals surface area contributed by atoms with Gasteiger partial charge in [0, 0.05) is 0 Å². The van der Waals surface area contributed by atoms with Crippen LogP contribution in [0.25, 0.3) is 10.8 Å². The molecule has 2 unspecified atom stereocenters. The van der Waals surface area contributed by atoms with Crippen molar-refractivity contribution in [1.82, 2.24) is 0 Å². The summed E-state index contributed by atoms with van der Waals surface area (Å²) in [6.07, 6.45) is -1.04. The highest BCUT2D eigenvalue weighted by Gasteiger charge is 2.10. The van der Waals surface area contributed by atoms with Crippen LogP contribution in [0.15, 0.2) is 36.4 Å². The van der Waals surface area contributed by atoms with Crippen molar-refractivity contribution in [3.63, 3.8) is 0 Å². The van der Waals surface area contributed by atoms with E-state index in [0.29, 0.717) is 0 Å². The van der Waals surface area contributed by atoms with Crippen LogP contribution in [-0.4, -0.2) is 10.2 Å². The molecule has 0 fully saturated rings. The van der Waals surface area contributed by atoms with Gasteiger partial charge in [0.25, 0.3) is 0 Å². The number of hydrogen-bond acceptors (Lipinski definition) is 2. The molecule has 2 aromatic carbocycles. The average Bonchev–Trinajstić information content (AvgIpc) is 2.27. The molecule has 2 nitrogen and oxygen atoms in total. The molecule has 2 N–H and O–H groups in total. The van der Waals surface area contributed by atoms with Gasteiger partial charge >= 0.3 is 0 Å². The summed E-state index contributed by atoms with van der Waals surface area (Å²) in [5.74, 6) is 0. The van der Waals surface area contributed by atoms with Crippen molar-refractivity contribution < 1.29 is 10.2 Å². The summed E-state index contributed by atoms with van der Waals surface area (Å²) in [4.78, 5) is 0. The molecule has 2 atom stereocenters. The fourth-order valence-corrected chi connectivity index (χ4v) is 1.95. The van der Waals surface area contributed by atoms with E-state index in [4.69, 9.17) is 0 Å². The number of aliphatic hydroxyl groups excluding tert-OH is 2. The van der Waals surface area contributed by atoms with Crippen LogP contribution in [0.2, 0.25) is 0 Å². The van der Waals surface area contributed by atoms with Gasteiger partial charge in [0.2, 0.25) is 0 Å². The van der Waals surface area contributed by atoms with E-state index < -0.39 is 12.2 Å². The predicted octanol–water partition coefficient (Wildman–Crippen LogP) is 2.95. The van der Waals surface area contributed by atoms with Gasteiger partial charge in [0.15, 0.2) is 0 Å². The van der Waals surface area contributed by atoms with Crippen LogP contribution in [0.1, 0.15) is 37.2 Å². The van der Waals surface area contributed by atoms with Gasteiger partial charge in [-0.25, -0.2) is 0 Å². The van der Waals surface area contributed by atoms with Crippen molar-refractivity contribution in [1.29, 1.82) is 0 Å². The summed E-state index contributed by atoms with van der Waals surface area (Å²) in [6.45, 7) is 3.48. The normalized spacial score (nSPS) is 15.0. The molecule has 0 saturated heterocycles. The van der Waals surface area contributed by atoms with Crippen molar-refractivity contribution in [3.05, 3.63) is 47.5 Å². The molecule has 2 heteroatoms. The molecule has 0 aliphatic carbocycles. The molecule has 0 bridgehead atoms. The standard InChI is InChI=1S/C14H16O2/c1-9(15)12-7-11-5-3-4-6-13(11)14(8-12)10(2)16/h3-10,15-16H,1-2H3. The van der Waals surface area contributed by atoms with Gasteiger partial charge in [-0.1, -0.05) is 30.3 Å². The Bertz CT molecular complexity index is 501. The van der Waals surface area contributed by atoms with Crippen molar-refractivity contribution >= 4 is 10.8 Å². The predicted molar refractivity (Wildman–Crippen MR) is 65.2 cm³/mol. The van der Waals surface area contributed by atoms with Crippen LogP contribution in [0.5, 0.6) is 0 Å². The summed E-state index contributed by atoms with van der Waals surface area (Å²) in [5.41, 5.74) is 1.71. The smallest absolute Gasteiger partial charge is 0.0768 e. The highest BCUT2D eigenvalue weighted by molar-refractivity contribution is 5.86. The van der Waals surface area contributed by atoms with E-state index in [0.717, 1.165) is 21.9 Å². The van der Waals surface area contributed by atoms with Gasteiger partial charge in [-0.15, -0.1) is 0 Å². The van der Waals surface area contributed by atoms with Gasteiger partial charge in [-0.05, 0) is 41.8 Å². The van der Waals surface area contributed by atoms with Crippen molar-refractivity contribution in [3.8, 4) is 0 Å². The van der Waals surface area contributed by atoms with Crippen LogP contribution in [0.3, 0.4) is 0 Å². The molecular formula is C14H16O2. The van der Waals surface area contributed by atoms with E-state index in [2.05, 4.69) is 0 Å². The minimum atomic E-state index is -0.524. The van der Waals surface area contributed by atoms with Crippen LogP contribution >= 0.6 is 0 Å². The zero-order chi connectivity index (χ0) is 11.7. The Morgan fingerprint density at radius 1 is 0.938 bits per heavy atom. The number of hydrogen-bond donors (Lipinski definition) is 2. The average molecular weight is 216 g/mol. The lowest BCUT2D eigenvalue weighted by atomic mass is 9.96. The third kappa shape index (κ3) is 1.94. The first-order valence-corrected chi connectivity index (χ1v) is 5.48. The summed E-state index contributed by atoms with van der Waals surface area (Å²) in [7, 11) is 0. The molecule has 0 heterocycles. The lowest BCUT2D eigenvalue weighted by Crippen LogP contribution is -1.98. The molecular weight excluding hydrogens is 200 g/mol. The Hall–Kier alpha value is -1.38. The molecule has 2 aromatic rings. The van der Waals surface area contributed by atoms with Crippen molar-refractivity contribution in [2.24, 2.45) is 0 Å². The first kappa shape index (κ1) is 11.1. The van der Waals surface area contributed by atoms with Gasteiger partial charge in [-0.2, -0.15) is 0 Å². The minimum absolute atomic E-state index is 0.512. The summed E-state index contributed by atoms with van der Waals surface area (Å²) >= 11 is 0. The zero-order valence-electron chi connectivity index (χ0n) is 9.51. The Labute approximate surface area is 95.2 Å². The lowest BCUT2D eigenvalue weighted by molar-refractivity contribution is 0.194. The second-order valence-corrected chi connectivity index (χ2v) is 4.18. The second-order valence-electron chi connectivity index (χ2n) is 4.18. The molecule has 16 heavy (non-hydrogen) atoms. The third-order valence-electron chi connectivity index (χ3n) is 2.85. The molecule has 0 radical (unpaired) electrons. The molecule has 0 aliphatic rings. The van der Waals surface area contributed by atoms with Gasteiger partial charge in [-0.3, -0.25) is 0 Å². The maximum Gasteiger partial charge on any atom is 0.0768 e. The van der Waals surface area contributed by atoms with Gasteiger partial charge < -0.3 is 10.2 Å². The summed E-state index contributed by atoms with van der Waals surface area (Å²) < 4.78 is 0. The fraction of sp³-hybridized carbons (Fsp3) is 0.286. The molecule has 0 aliphatic heterocycles. The number of rotatable bonds is 2. The Kier molecular flexibility index (Phi) is 2.95. The SMILES string of the molecule is CC(O)c1cc(C(C)O)c2ccccc2c1. The van der Waals surface area contributed by atoms with Gasteiger partial charge in [0.1, 0.15) is 0 Å². The molecule has 0 aromatic heterocycles. The minimum Gasteiger partial charge on any atom is -0.389 e. The molecule has 0 spiro atoms. The van der Waals surface area contributed by atoms with E-state index in [-0.39, 0.29) is 0 Å². The molecule has 0 saturated carbocycles. The first-order valence-electron chi connectivity index (χ1n) is 5.48. The van der Waals surface area contributed by atoms with E-state index in [1.165, 1.54) is 0 Å². The topological polar surface area (TPSA) is 40.5 Å². The third-order valence-corrected chi connectivity index (χ3v) is 2.85. The summed E-state index contributed by atoms with van der Waals surface area (Å²) in [5, 5.41) is 21.5. The van der Waals surface area contributed by atoms with E-state index in [1.807, 2.05) is 36.4 Å². The summed E-state index contributed by atoms with van der Waals surface area (Å²) in [6, 6.07) is 11.7. The lowest BCUT2D eigenvalue weighted by Gasteiger charge is -2.13.